The molecule has 0 fully saturated rings. The number of rotatable bonds is 10. The van der Waals surface area contributed by atoms with Gasteiger partial charge in [0.1, 0.15) is 11.8 Å². The van der Waals surface area contributed by atoms with Gasteiger partial charge in [0.15, 0.2) is 0 Å². The summed E-state index contributed by atoms with van der Waals surface area (Å²) in [6.45, 7) is 2.39. The molecule has 0 saturated heterocycles. The molecule has 0 radical (unpaired) electrons. The van der Waals surface area contributed by atoms with Crippen LogP contribution in [0, 0.1) is 0 Å². The molecule has 0 aliphatic heterocycles. The molecule has 3 rings (SSSR count). The number of ether oxygens (including phenoxy) is 1. The van der Waals surface area contributed by atoms with Gasteiger partial charge >= 0.3 is 0 Å². The number of nitrogens with one attached hydrogen (secondary N) is 2. The number of hydrogen-bond donors (Lipinski definition) is 2. The van der Waals surface area contributed by atoms with E-state index < -0.39 is 22.0 Å². The van der Waals surface area contributed by atoms with E-state index in [2.05, 4.69) is 15.0 Å². The molecule has 1 heterocycles. The second-order valence-corrected chi connectivity index (χ2v) is 9.05. The van der Waals surface area contributed by atoms with Crippen molar-refractivity contribution < 1.29 is 17.9 Å². The molecule has 1 amide bonds. The number of pyridine rings is 1. The van der Waals surface area contributed by atoms with Crippen LogP contribution < -0.4 is 14.8 Å². The Kier molecular flexibility index (Phi) is 8.21. The fraction of sp³-hybridized carbons (Fsp3) is 0.217. The first-order chi connectivity index (χ1) is 15.4. The molecule has 0 aliphatic carbocycles. The maximum Gasteiger partial charge on any atom is 0.241 e. The molecular formula is C23H24ClN3O4S. The lowest BCUT2D eigenvalue weighted by Gasteiger charge is -2.19. The van der Waals surface area contributed by atoms with Gasteiger partial charge in [-0.25, -0.2) is 8.42 Å². The van der Waals surface area contributed by atoms with Crippen LogP contribution in [0.1, 0.15) is 18.2 Å². The molecule has 2 N–H and O–H groups in total. The molecule has 0 spiro atoms. The Labute approximate surface area is 192 Å². The van der Waals surface area contributed by atoms with Crippen LogP contribution in [-0.2, 0) is 27.8 Å². The Morgan fingerprint density at radius 1 is 1.09 bits per heavy atom. The summed E-state index contributed by atoms with van der Waals surface area (Å²) in [6, 6.07) is 17.7. The van der Waals surface area contributed by atoms with Gasteiger partial charge in [-0.05, 0) is 49.2 Å². The van der Waals surface area contributed by atoms with E-state index in [4.69, 9.17) is 16.3 Å². The predicted molar refractivity (Wildman–Crippen MR) is 123 cm³/mol. The molecule has 7 nitrogen and oxygen atoms in total. The lowest BCUT2D eigenvalue weighted by Crippen LogP contribution is -2.47. The summed E-state index contributed by atoms with van der Waals surface area (Å²) in [5.74, 6) is -0.0674. The number of carbonyl (C=O) groups is 1. The standard InChI is InChI=1S/C23H24ClN3O4S/c1-2-31-22-12-11-19(15-20(22)24)32(29,30)27-21(14-17-8-4-3-5-9-17)23(28)26-16-18-10-6-7-13-25-18/h3-13,15,21,27H,2,14,16H2,1H3,(H,26,28). The van der Waals surface area contributed by atoms with Crippen LogP contribution in [0.15, 0.2) is 77.8 Å². The number of hydrogen-bond acceptors (Lipinski definition) is 5. The molecule has 2 aromatic carbocycles. The van der Waals surface area contributed by atoms with Crippen molar-refractivity contribution in [2.45, 2.75) is 30.8 Å². The summed E-state index contributed by atoms with van der Waals surface area (Å²) in [7, 11) is -4.03. The lowest BCUT2D eigenvalue weighted by atomic mass is 10.1. The van der Waals surface area contributed by atoms with Crippen LogP contribution in [0.25, 0.3) is 0 Å². The van der Waals surface area contributed by atoms with Gasteiger partial charge in [-0.15, -0.1) is 0 Å². The van der Waals surface area contributed by atoms with E-state index in [0.717, 1.165) is 5.56 Å². The van der Waals surface area contributed by atoms with Crippen molar-refractivity contribution in [1.82, 2.24) is 15.0 Å². The van der Waals surface area contributed by atoms with Crippen LogP contribution in [0.2, 0.25) is 5.02 Å². The zero-order valence-corrected chi connectivity index (χ0v) is 19.1. The van der Waals surface area contributed by atoms with E-state index in [1.165, 1.54) is 18.2 Å². The highest BCUT2D eigenvalue weighted by Crippen LogP contribution is 2.27. The molecule has 32 heavy (non-hydrogen) atoms. The van der Waals surface area contributed by atoms with Crippen molar-refractivity contribution in [2.75, 3.05) is 6.61 Å². The Balaban J connectivity index is 1.80. The highest BCUT2D eigenvalue weighted by Gasteiger charge is 2.26. The van der Waals surface area contributed by atoms with E-state index in [1.807, 2.05) is 36.4 Å². The zero-order valence-electron chi connectivity index (χ0n) is 17.5. The topological polar surface area (TPSA) is 97.4 Å². The van der Waals surface area contributed by atoms with Gasteiger partial charge in [0.2, 0.25) is 15.9 Å². The number of halogens is 1. The van der Waals surface area contributed by atoms with Gasteiger partial charge in [0, 0.05) is 6.20 Å². The molecule has 9 heteroatoms. The van der Waals surface area contributed by atoms with Crippen molar-refractivity contribution in [3.05, 3.63) is 89.2 Å². The van der Waals surface area contributed by atoms with Crippen molar-refractivity contribution in [3.8, 4) is 5.75 Å². The summed E-state index contributed by atoms with van der Waals surface area (Å²) >= 11 is 6.16. The van der Waals surface area contributed by atoms with E-state index in [0.29, 0.717) is 18.1 Å². The van der Waals surface area contributed by atoms with Gasteiger partial charge < -0.3 is 10.1 Å². The van der Waals surface area contributed by atoms with E-state index >= 15 is 0 Å². The minimum Gasteiger partial charge on any atom is -0.492 e. The normalized spacial score (nSPS) is 12.2. The summed E-state index contributed by atoms with van der Waals surface area (Å²) < 4.78 is 33.9. The number of aromatic nitrogens is 1. The highest BCUT2D eigenvalue weighted by atomic mass is 35.5. The molecule has 1 unspecified atom stereocenters. The first-order valence-electron chi connectivity index (χ1n) is 10.1. The van der Waals surface area contributed by atoms with E-state index in [9.17, 15) is 13.2 Å². The maximum atomic E-state index is 13.0. The SMILES string of the molecule is CCOc1ccc(S(=O)(=O)NC(Cc2ccccc2)C(=O)NCc2ccccn2)cc1Cl. The molecule has 3 aromatic rings. The fourth-order valence-corrected chi connectivity index (χ4v) is 4.54. The van der Waals surface area contributed by atoms with Crippen molar-refractivity contribution in [1.29, 1.82) is 0 Å². The summed E-state index contributed by atoms with van der Waals surface area (Å²) in [5, 5.41) is 2.93. The largest absolute Gasteiger partial charge is 0.492 e. The zero-order chi connectivity index (χ0) is 23.0. The number of amides is 1. The van der Waals surface area contributed by atoms with Gasteiger partial charge in [-0.2, -0.15) is 4.72 Å². The molecule has 0 aliphatic rings. The highest BCUT2D eigenvalue weighted by molar-refractivity contribution is 7.89. The Morgan fingerprint density at radius 3 is 2.50 bits per heavy atom. The molecule has 168 valence electrons. The molecule has 1 aromatic heterocycles. The maximum absolute atomic E-state index is 13.0. The van der Waals surface area contributed by atoms with Crippen LogP contribution in [0.4, 0.5) is 0 Å². The van der Waals surface area contributed by atoms with Crippen LogP contribution >= 0.6 is 11.6 Å². The third-order valence-corrected chi connectivity index (χ3v) is 6.34. The number of nitrogens with zero attached hydrogens (tertiary/aromatic N) is 1. The Hall–Kier alpha value is -2.94. The molecule has 1 atom stereocenters. The van der Waals surface area contributed by atoms with Gasteiger partial charge in [0.25, 0.3) is 0 Å². The van der Waals surface area contributed by atoms with Crippen LogP contribution in [0.3, 0.4) is 0 Å². The lowest BCUT2D eigenvalue weighted by molar-refractivity contribution is -0.122. The fourth-order valence-electron chi connectivity index (χ4n) is 3.02. The summed E-state index contributed by atoms with van der Waals surface area (Å²) in [5.41, 5.74) is 1.48. The van der Waals surface area contributed by atoms with E-state index in [-0.39, 0.29) is 22.9 Å². The third kappa shape index (κ3) is 6.53. The number of sulfonamides is 1. The van der Waals surface area contributed by atoms with Crippen LogP contribution in [-0.4, -0.2) is 32.0 Å². The first-order valence-corrected chi connectivity index (χ1v) is 11.9. The van der Waals surface area contributed by atoms with Crippen molar-refractivity contribution in [3.63, 3.8) is 0 Å². The molecule has 0 saturated carbocycles. The van der Waals surface area contributed by atoms with Crippen molar-refractivity contribution >= 4 is 27.5 Å². The minimum absolute atomic E-state index is 0.0541. The molecular weight excluding hydrogens is 450 g/mol. The third-order valence-electron chi connectivity index (χ3n) is 4.58. The second-order valence-electron chi connectivity index (χ2n) is 6.93. The van der Waals surface area contributed by atoms with Crippen molar-refractivity contribution in [2.24, 2.45) is 0 Å². The summed E-state index contributed by atoms with van der Waals surface area (Å²) in [6.07, 6.45) is 1.81. The first kappa shape index (κ1) is 23.7. The average Bonchev–Trinajstić information content (AvgIpc) is 2.79. The van der Waals surface area contributed by atoms with E-state index in [1.54, 1.807) is 25.3 Å². The quantitative estimate of drug-likeness (QED) is 0.470. The average molecular weight is 474 g/mol. The number of benzene rings is 2. The molecule has 0 bridgehead atoms. The van der Waals surface area contributed by atoms with Gasteiger partial charge in [-0.1, -0.05) is 48.0 Å². The predicted octanol–water partition coefficient (Wildman–Crippen LogP) is 3.34. The summed E-state index contributed by atoms with van der Waals surface area (Å²) in [4.78, 5) is 17.0. The smallest absolute Gasteiger partial charge is 0.241 e. The Morgan fingerprint density at radius 2 is 1.84 bits per heavy atom. The van der Waals surface area contributed by atoms with Crippen LogP contribution in [0.5, 0.6) is 5.75 Å². The van der Waals surface area contributed by atoms with Gasteiger partial charge in [-0.3, -0.25) is 9.78 Å². The Bertz CT molecular complexity index is 1140. The minimum atomic E-state index is -4.03. The van der Waals surface area contributed by atoms with Gasteiger partial charge in [0.05, 0.1) is 28.8 Å². The number of carbonyl (C=O) groups excluding carboxylic acids is 1. The second kappa shape index (κ2) is 11.1. The monoisotopic (exact) mass is 473 g/mol.